The second-order valence-electron chi connectivity index (χ2n) is 8.33. The van der Waals surface area contributed by atoms with E-state index in [0.29, 0.717) is 42.2 Å². The van der Waals surface area contributed by atoms with Crippen LogP contribution in [0.3, 0.4) is 0 Å². The van der Waals surface area contributed by atoms with Crippen molar-refractivity contribution in [2.24, 2.45) is 0 Å². The van der Waals surface area contributed by atoms with Crippen LogP contribution < -0.4 is 15.6 Å². The molecule has 0 bridgehead atoms. The van der Waals surface area contributed by atoms with Crippen LogP contribution in [-0.2, 0) is 15.9 Å². The Bertz CT molecular complexity index is 1640. The van der Waals surface area contributed by atoms with Gasteiger partial charge in [0.15, 0.2) is 0 Å². The summed E-state index contributed by atoms with van der Waals surface area (Å²) in [5.41, 5.74) is 4.77. The summed E-state index contributed by atoms with van der Waals surface area (Å²) >= 11 is 0. The minimum Gasteiger partial charge on any atom is -0.491 e. The highest BCUT2D eigenvalue weighted by molar-refractivity contribution is 5.89. The minimum atomic E-state index is -0.607. The smallest absolute Gasteiger partial charge is 0.413 e. The van der Waals surface area contributed by atoms with Gasteiger partial charge in [-0.15, -0.1) is 0 Å². The monoisotopic (exact) mass is 499 g/mol. The predicted octanol–water partition coefficient (Wildman–Crippen LogP) is 4.26. The molecule has 2 aromatic heterocycles. The molecule has 3 N–H and O–H groups in total. The molecule has 3 aromatic carbocycles. The average molecular weight is 500 g/mol. The highest BCUT2D eigenvalue weighted by Gasteiger charge is 2.14. The van der Waals surface area contributed by atoms with Crippen LogP contribution in [0.4, 0.5) is 10.7 Å². The first-order valence-electron chi connectivity index (χ1n) is 11.6. The molecular formula is C27H25N5O5. The number of aromatic nitrogens is 4. The molecule has 0 spiro atoms. The molecule has 0 unspecified atom stereocenters. The molecule has 5 aromatic rings. The van der Waals surface area contributed by atoms with E-state index in [2.05, 4.69) is 36.3 Å². The first kappa shape index (κ1) is 24.0. The van der Waals surface area contributed by atoms with Crippen LogP contribution in [0.1, 0.15) is 11.3 Å². The molecule has 0 atom stereocenters. The van der Waals surface area contributed by atoms with E-state index in [0.717, 1.165) is 33.3 Å². The van der Waals surface area contributed by atoms with Gasteiger partial charge in [0.2, 0.25) is 5.95 Å². The topological polar surface area (TPSA) is 131 Å². The van der Waals surface area contributed by atoms with Crippen LogP contribution in [-0.4, -0.2) is 53.7 Å². The molecule has 0 saturated heterocycles. The van der Waals surface area contributed by atoms with Gasteiger partial charge in [0, 0.05) is 24.5 Å². The van der Waals surface area contributed by atoms with Gasteiger partial charge in [-0.25, -0.2) is 14.9 Å². The Morgan fingerprint density at radius 3 is 2.65 bits per heavy atom. The molecule has 0 radical (unpaired) electrons. The minimum absolute atomic E-state index is 0.212. The number of methoxy groups -OCH3 is 2. The molecule has 10 nitrogen and oxygen atoms in total. The van der Waals surface area contributed by atoms with Crippen molar-refractivity contribution in [3.8, 4) is 16.9 Å². The van der Waals surface area contributed by atoms with E-state index in [-0.39, 0.29) is 5.56 Å². The summed E-state index contributed by atoms with van der Waals surface area (Å²) in [6.07, 6.45) is -0.0912. The van der Waals surface area contributed by atoms with Crippen LogP contribution in [0.25, 0.3) is 32.9 Å². The van der Waals surface area contributed by atoms with Crippen LogP contribution in [0.15, 0.2) is 65.5 Å². The zero-order chi connectivity index (χ0) is 25.8. The lowest BCUT2D eigenvalue weighted by atomic mass is 9.98. The number of nitrogens with zero attached hydrogens (tertiary/aromatic N) is 2. The summed E-state index contributed by atoms with van der Waals surface area (Å²) in [6, 6.07) is 19.2. The summed E-state index contributed by atoms with van der Waals surface area (Å²) in [4.78, 5) is 31.2. The van der Waals surface area contributed by atoms with Gasteiger partial charge >= 0.3 is 6.09 Å². The van der Waals surface area contributed by atoms with Gasteiger partial charge < -0.3 is 19.2 Å². The fourth-order valence-corrected chi connectivity index (χ4v) is 4.16. The number of hydrogen-bond acceptors (Lipinski definition) is 7. The van der Waals surface area contributed by atoms with E-state index in [4.69, 9.17) is 9.47 Å². The van der Waals surface area contributed by atoms with Gasteiger partial charge in [-0.1, -0.05) is 30.3 Å². The first-order valence-corrected chi connectivity index (χ1v) is 11.6. The van der Waals surface area contributed by atoms with E-state index in [9.17, 15) is 9.59 Å². The number of carbonyl (C=O) groups is 1. The van der Waals surface area contributed by atoms with Gasteiger partial charge in [-0.3, -0.25) is 10.1 Å². The number of fused-ring (bicyclic) bond motifs is 2. The number of rotatable bonds is 8. The van der Waals surface area contributed by atoms with Crippen molar-refractivity contribution < 1.29 is 19.0 Å². The van der Waals surface area contributed by atoms with Crippen LogP contribution in [0, 0.1) is 0 Å². The van der Waals surface area contributed by atoms with Crippen molar-refractivity contribution >= 4 is 33.8 Å². The van der Waals surface area contributed by atoms with E-state index in [1.165, 1.54) is 7.11 Å². The number of H-pyrrole nitrogens is 2. The third-order valence-corrected chi connectivity index (χ3v) is 5.93. The van der Waals surface area contributed by atoms with Gasteiger partial charge in [-0.2, -0.15) is 5.10 Å². The lowest BCUT2D eigenvalue weighted by Crippen LogP contribution is -2.11. The number of aromatic amines is 2. The maximum Gasteiger partial charge on any atom is 0.413 e. The fourth-order valence-electron chi connectivity index (χ4n) is 4.16. The van der Waals surface area contributed by atoms with Crippen LogP contribution in [0.2, 0.25) is 0 Å². The van der Waals surface area contributed by atoms with Crippen molar-refractivity contribution in [3.05, 3.63) is 82.3 Å². The van der Waals surface area contributed by atoms with Gasteiger partial charge in [0.05, 0.1) is 35.8 Å². The molecule has 1 amide bonds. The number of ether oxygens (including phenoxy) is 3. The second kappa shape index (κ2) is 10.5. The number of amides is 1. The highest BCUT2D eigenvalue weighted by atomic mass is 16.5. The third kappa shape index (κ3) is 5.14. The first-order chi connectivity index (χ1) is 18.1. The standard InChI is InChI=1S/C27H25N5O5/c1-35-11-12-37-24-10-7-16(14-22-18-5-3-4-6-19(18)25(33)32-31-22)13-20(24)17-8-9-21-23(15-17)29-26(28-21)30-27(34)36-2/h3-10,13,15H,11-12,14H2,1-2H3,(H,32,33)(H2,28,29,30,34). The van der Waals surface area contributed by atoms with E-state index in [1.807, 2.05) is 48.5 Å². The second-order valence-corrected chi connectivity index (χ2v) is 8.33. The lowest BCUT2D eigenvalue weighted by Gasteiger charge is -2.14. The Balaban J connectivity index is 1.53. The largest absolute Gasteiger partial charge is 0.491 e. The highest BCUT2D eigenvalue weighted by Crippen LogP contribution is 2.34. The number of nitrogens with one attached hydrogen (secondary N) is 3. The summed E-state index contributed by atoms with van der Waals surface area (Å²) in [7, 11) is 2.92. The Hall–Kier alpha value is -4.70. The Labute approximate surface area is 211 Å². The molecule has 0 fully saturated rings. The molecular weight excluding hydrogens is 474 g/mol. The average Bonchev–Trinajstić information content (AvgIpc) is 3.32. The Kier molecular flexibility index (Phi) is 6.82. The number of carbonyl (C=O) groups excluding carboxylic acids is 1. The van der Waals surface area contributed by atoms with Crippen molar-refractivity contribution in [2.75, 3.05) is 32.8 Å². The van der Waals surface area contributed by atoms with Crippen LogP contribution >= 0.6 is 0 Å². The SMILES string of the molecule is COCCOc1ccc(Cc2n[nH]c(=O)c3ccccc23)cc1-c1ccc2nc(NC(=O)OC)[nH]c2c1. The molecule has 0 aliphatic rings. The molecule has 10 heteroatoms. The Morgan fingerprint density at radius 1 is 1.00 bits per heavy atom. The van der Waals surface area contributed by atoms with Crippen molar-refractivity contribution in [1.82, 2.24) is 20.2 Å². The lowest BCUT2D eigenvalue weighted by molar-refractivity contribution is 0.146. The summed E-state index contributed by atoms with van der Waals surface area (Å²) in [5.74, 6) is 0.993. The molecule has 0 aliphatic carbocycles. The maximum atomic E-state index is 12.2. The quantitative estimate of drug-likeness (QED) is 0.272. The summed E-state index contributed by atoms with van der Waals surface area (Å²) in [6.45, 7) is 0.852. The summed E-state index contributed by atoms with van der Waals surface area (Å²) < 4.78 is 15.8. The summed E-state index contributed by atoms with van der Waals surface area (Å²) in [5, 5.41) is 10.9. The molecule has 0 aliphatic heterocycles. The van der Waals surface area contributed by atoms with Gasteiger partial charge in [0.1, 0.15) is 12.4 Å². The van der Waals surface area contributed by atoms with E-state index >= 15 is 0 Å². The van der Waals surface area contributed by atoms with Gasteiger partial charge in [0.25, 0.3) is 5.56 Å². The zero-order valence-corrected chi connectivity index (χ0v) is 20.3. The normalized spacial score (nSPS) is 11.1. The van der Waals surface area contributed by atoms with Crippen molar-refractivity contribution in [3.63, 3.8) is 0 Å². The fraction of sp³-hybridized carbons (Fsp3) is 0.185. The molecule has 188 valence electrons. The van der Waals surface area contributed by atoms with Crippen LogP contribution in [0.5, 0.6) is 5.75 Å². The molecule has 2 heterocycles. The molecule has 5 rings (SSSR count). The third-order valence-electron chi connectivity index (χ3n) is 5.93. The number of anilines is 1. The predicted molar refractivity (Wildman–Crippen MR) is 140 cm³/mol. The Morgan fingerprint density at radius 2 is 1.84 bits per heavy atom. The van der Waals surface area contributed by atoms with E-state index in [1.54, 1.807) is 13.2 Å². The number of hydrogen-bond donors (Lipinski definition) is 3. The number of imidazole rings is 1. The maximum absolute atomic E-state index is 12.2. The zero-order valence-electron chi connectivity index (χ0n) is 20.3. The van der Waals surface area contributed by atoms with Crippen molar-refractivity contribution in [1.29, 1.82) is 0 Å². The number of benzene rings is 3. The van der Waals surface area contributed by atoms with Crippen molar-refractivity contribution in [2.45, 2.75) is 6.42 Å². The van der Waals surface area contributed by atoms with E-state index < -0.39 is 6.09 Å². The molecule has 37 heavy (non-hydrogen) atoms. The molecule has 0 saturated carbocycles. The van der Waals surface area contributed by atoms with Gasteiger partial charge in [-0.05, 0) is 41.5 Å².